The summed E-state index contributed by atoms with van der Waals surface area (Å²) in [4.78, 5) is 21.0. The summed E-state index contributed by atoms with van der Waals surface area (Å²) < 4.78 is 79.8. The summed E-state index contributed by atoms with van der Waals surface area (Å²) in [5, 5.41) is 19.8. The van der Waals surface area contributed by atoms with Gasteiger partial charge in [-0.3, -0.25) is 0 Å². The Morgan fingerprint density at radius 1 is 0.645 bits per heavy atom. The van der Waals surface area contributed by atoms with Crippen LogP contribution in [0, 0.1) is 0 Å². The SMILES string of the molecule is CCc1ccc(CC(C)c2ccccc2N2CCS/C2=N\N=C\c2ccc(C(N)=NC=Nc3ccc(C(F)(F)F)cc3)cc2)cc1N1CCS/C1=N\N=C\c1ccc(C(N)=NC=Nc2ccc(OC(F)(F)F)cc2)cc1. The summed E-state index contributed by atoms with van der Waals surface area (Å²) in [6, 6.07) is 39.2. The second-order valence-corrected chi connectivity index (χ2v) is 19.2. The minimum atomic E-state index is -4.78. The van der Waals surface area contributed by atoms with E-state index in [1.54, 1.807) is 60.2 Å². The molecule has 2 saturated heterocycles. The van der Waals surface area contributed by atoms with Crippen LogP contribution in [0.4, 0.5) is 49.1 Å². The molecule has 390 valence electrons. The molecule has 6 aromatic rings. The number of nitrogens with zero attached hydrogens (tertiary/aromatic N) is 10. The van der Waals surface area contributed by atoms with Gasteiger partial charge in [0.05, 0.1) is 29.4 Å². The summed E-state index contributed by atoms with van der Waals surface area (Å²) in [7, 11) is 0. The number of alkyl halides is 6. The third-order valence-corrected chi connectivity index (χ3v) is 13.8. The number of anilines is 2. The van der Waals surface area contributed by atoms with E-state index in [-0.39, 0.29) is 23.3 Å². The van der Waals surface area contributed by atoms with Crippen LogP contribution in [0.2, 0.25) is 0 Å². The number of amidine groups is 4. The van der Waals surface area contributed by atoms with E-state index < -0.39 is 18.1 Å². The van der Waals surface area contributed by atoms with Crippen molar-refractivity contribution in [2.75, 3.05) is 34.4 Å². The highest BCUT2D eigenvalue weighted by molar-refractivity contribution is 8.14. The van der Waals surface area contributed by atoms with Gasteiger partial charge in [0.25, 0.3) is 0 Å². The Morgan fingerprint density at radius 3 is 1.67 bits per heavy atom. The lowest BCUT2D eigenvalue weighted by Gasteiger charge is -2.25. The number of aliphatic imine (C=N–C) groups is 4. The van der Waals surface area contributed by atoms with E-state index in [1.165, 1.54) is 53.6 Å². The van der Waals surface area contributed by atoms with Gasteiger partial charge in [0.15, 0.2) is 10.3 Å². The van der Waals surface area contributed by atoms with Crippen molar-refractivity contribution >= 4 is 93.4 Å². The van der Waals surface area contributed by atoms with Gasteiger partial charge in [-0.05, 0) is 107 Å². The maximum atomic E-state index is 12.9. The molecule has 76 heavy (non-hydrogen) atoms. The molecule has 0 amide bonds. The molecule has 21 heteroatoms. The Labute approximate surface area is 443 Å². The van der Waals surface area contributed by atoms with Crippen LogP contribution in [0.3, 0.4) is 0 Å². The Bertz CT molecular complexity index is 3210. The van der Waals surface area contributed by atoms with E-state index >= 15 is 0 Å². The fourth-order valence-electron chi connectivity index (χ4n) is 8.02. The van der Waals surface area contributed by atoms with Gasteiger partial charge in [-0.2, -0.15) is 23.4 Å². The van der Waals surface area contributed by atoms with Crippen LogP contribution < -0.4 is 26.0 Å². The predicted molar refractivity (Wildman–Crippen MR) is 299 cm³/mol. The minimum Gasteiger partial charge on any atom is -0.406 e. The second kappa shape index (κ2) is 25.0. The summed E-state index contributed by atoms with van der Waals surface area (Å²) in [5.41, 5.74) is 21.0. The zero-order valence-corrected chi connectivity index (χ0v) is 42.7. The van der Waals surface area contributed by atoms with E-state index in [2.05, 4.69) is 105 Å². The summed E-state index contributed by atoms with van der Waals surface area (Å²) in [5.74, 6) is 1.96. The Kier molecular flexibility index (Phi) is 17.8. The number of hydrogen-bond acceptors (Lipinski definition) is 9. The molecule has 0 spiro atoms. The standard InChI is InChI=1S/C55H50F6N12OS2/c1-3-40-13-12-39(31-49(40)73-27-29-76-53(73)71-69-33-38-10-16-42(17-11-38)51(63)67-35-65-45-22-24-46(25-23-45)74-55(59,60)61)30-36(2)47-6-4-5-7-48(47)72-26-28-75-52(72)70-68-32-37-8-14-41(15-9-37)50(62)66-34-64-44-20-18-43(19-21-44)54(56,57)58/h4-25,31-36H,3,26-30H2,1-2H3,(H2,62,64,66)(H2,63,65,67)/b68-32+,69-33+,70-52-,71-53-. The number of thioether (sulfide) groups is 2. The van der Waals surface area contributed by atoms with E-state index in [9.17, 15) is 26.3 Å². The van der Waals surface area contributed by atoms with Crippen molar-refractivity contribution in [3.05, 3.63) is 184 Å². The quantitative estimate of drug-likeness (QED) is 0.0397. The lowest BCUT2D eigenvalue weighted by Crippen LogP contribution is -2.25. The van der Waals surface area contributed by atoms with Crippen molar-refractivity contribution in [3.63, 3.8) is 0 Å². The number of aryl methyl sites for hydroxylation is 1. The minimum absolute atomic E-state index is 0.167. The van der Waals surface area contributed by atoms with Gasteiger partial charge in [-0.15, -0.1) is 23.4 Å². The maximum absolute atomic E-state index is 12.9. The first-order valence-electron chi connectivity index (χ1n) is 23.8. The van der Waals surface area contributed by atoms with Gasteiger partial charge >= 0.3 is 12.5 Å². The van der Waals surface area contributed by atoms with E-state index in [1.807, 2.05) is 30.3 Å². The fraction of sp³-hybridized carbons (Fsp3) is 0.200. The molecule has 2 aliphatic rings. The summed E-state index contributed by atoms with van der Waals surface area (Å²) in [6.45, 7) is 5.98. The normalized spacial score (nSPS) is 16.5. The maximum Gasteiger partial charge on any atom is 0.573 e. The number of ether oxygens (including phenoxy) is 1. The van der Waals surface area contributed by atoms with Crippen LogP contribution in [0.5, 0.6) is 5.75 Å². The largest absolute Gasteiger partial charge is 0.573 e. The molecule has 0 saturated carbocycles. The molecule has 1 atom stereocenters. The van der Waals surface area contributed by atoms with Crippen molar-refractivity contribution in [1.82, 2.24) is 0 Å². The summed E-state index contributed by atoms with van der Waals surface area (Å²) in [6.07, 6.45) is -1.75. The molecule has 6 aromatic carbocycles. The number of rotatable bonds is 17. The molecule has 13 nitrogen and oxygen atoms in total. The molecule has 8 rings (SSSR count). The highest BCUT2D eigenvalue weighted by Gasteiger charge is 2.32. The van der Waals surface area contributed by atoms with Crippen molar-refractivity contribution in [1.29, 1.82) is 0 Å². The van der Waals surface area contributed by atoms with Gasteiger partial charge in [0.2, 0.25) is 0 Å². The third-order valence-electron chi connectivity index (χ3n) is 11.9. The Morgan fingerprint density at radius 2 is 1.16 bits per heavy atom. The van der Waals surface area contributed by atoms with E-state index in [4.69, 9.17) is 11.5 Å². The number of para-hydroxylation sites is 1. The van der Waals surface area contributed by atoms with Crippen molar-refractivity contribution < 1.29 is 31.1 Å². The highest BCUT2D eigenvalue weighted by atomic mass is 32.2. The Hall–Kier alpha value is -8.04. The number of hydrogen-bond donors (Lipinski definition) is 2. The average molecular weight is 1070 g/mol. The van der Waals surface area contributed by atoms with Crippen molar-refractivity contribution in [2.24, 2.45) is 51.8 Å². The highest BCUT2D eigenvalue weighted by Crippen LogP contribution is 2.37. The molecule has 0 aromatic heterocycles. The molecule has 4 N–H and O–H groups in total. The van der Waals surface area contributed by atoms with Crippen LogP contribution in [0.25, 0.3) is 0 Å². The molecule has 1 unspecified atom stereocenters. The average Bonchev–Trinajstić information content (AvgIpc) is 4.09. The molecule has 2 aliphatic heterocycles. The van der Waals surface area contributed by atoms with Gasteiger partial charge in [0.1, 0.15) is 30.1 Å². The van der Waals surface area contributed by atoms with Gasteiger partial charge in [-0.1, -0.05) is 116 Å². The number of nitrogens with two attached hydrogens (primary N) is 2. The molecule has 2 heterocycles. The fourth-order valence-corrected chi connectivity index (χ4v) is 9.83. The number of halogens is 6. The zero-order valence-electron chi connectivity index (χ0n) is 41.0. The lowest BCUT2D eigenvalue weighted by molar-refractivity contribution is -0.274. The molecular weight excluding hydrogens is 1020 g/mol. The van der Waals surface area contributed by atoms with E-state index in [0.717, 1.165) is 94.5 Å². The van der Waals surface area contributed by atoms with Crippen LogP contribution in [-0.2, 0) is 19.0 Å². The van der Waals surface area contributed by atoms with Gasteiger partial charge in [0, 0.05) is 47.1 Å². The lowest BCUT2D eigenvalue weighted by atomic mass is 9.91. The van der Waals surface area contributed by atoms with Crippen LogP contribution >= 0.6 is 23.5 Å². The van der Waals surface area contributed by atoms with Crippen LogP contribution in [0.15, 0.2) is 180 Å². The van der Waals surface area contributed by atoms with Crippen molar-refractivity contribution in [2.45, 2.75) is 45.1 Å². The molecule has 0 bridgehead atoms. The monoisotopic (exact) mass is 1070 g/mol. The van der Waals surface area contributed by atoms with Crippen LogP contribution in [0.1, 0.15) is 64.3 Å². The topological polar surface area (TPSA) is 167 Å². The van der Waals surface area contributed by atoms with E-state index in [0.29, 0.717) is 22.5 Å². The van der Waals surface area contributed by atoms with Crippen molar-refractivity contribution in [3.8, 4) is 5.75 Å². The van der Waals surface area contributed by atoms with Crippen LogP contribution in [-0.4, -0.2) is 78.1 Å². The Balaban J connectivity index is 0.877. The molecular formula is C55H50F6N12OS2. The first kappa shape index (κ1) is 54.2. The third kappa shape index (κ3) is 14.8. The molecule has 0 aliphatic carbocycles. The first-order valence-corrected chi connectivity index (χ1v) is 25.8. The summed E-state index contributed by atoms with van der Waals surface area (Å²) >= 11 is 3.31. The number of benzene rings is 6. The second-order valence-electron chi connectivity index (χ2n) is 17.1. The van der Waals surface area contributed by atoms with Gasteiger partial charge in [-0.25, -0.2) is 20.0 Å². The predicted octanol–water partition coefficient (Wildman–Crippen LogP) is 12.5. The molecule has 2 fully saturated rings. The first-order chi connectivity index (χ1) is 36.6. The zero-order chi connectivity index (χ0) is 53.7. The smallest absolute Gasteiger partial charge is 0.406 e. The van der Waals surface area contributed by atoms with Gasteiger partial charge < -0.3 is 26.0 Å². The molecule has 0 radical (unpaired) electrons.